The minimum atomic E-state index is 0.990. The van der Waals surface area contributed by atoms with Gasteiger partial charge in [-0.3, -0.25) is 0 Å². The van der Waals surface area contributed by atoms with Crippen LogP contribution in [0.15, 0.2) is 0 Å². The van der Waals surface area contributed by atoms with Crippen LogP contribution in [0.3, 0.4) is 0 Å². The molecule has 3 rings (SSSR count). The lowest BCUT2D eigenvalue weighted by atomic mass is 9.51. The van der Waals surface area contributed by atoms with Gasteiger partial charge in [0.15, 0.2) is 0 Å². The summed E-state index contributed by atoms with van der Waals surface area (Å²) in [5.74, 6) is 7.43. The molecule has 17 heavy (non-hydrogen) atoms. The molecule has 0 aliphatic heterocycles. The van der Waals surface area contributed by atoms with E-state index in [4.69, 9.17) is 0 Å². The second kappa shape index (κ2) is 4.59. The van der Waals surface area contributed by atoms with Gasteiger partial charge in [-0.05, 0) is 60.7 Å². The SMILES string of the molecule is CC1C(C)C(C2CCC3CCCCC3C2)C1C. The Hall–Kier alpha value is 0. The molecule has 0 heteroatoms. The average Bonchev–Trinajstić information content (AvgIpc) is 2.38. The zero-order valence-electron chi connectivity index (χ0n) is 12.0. The maximum absolute atomic E-state index is 2.52. The van der Waals surface area contributed by atoms with Crippen LogP contribution in [0.2, 0.25) is 0 Å². The summed E-state index contributed by atoms with van der Waals surface area (Å²) in [6, 6.07) is 0. The normalized spacial score (nSPS) is 54.9. The van der Waals surface area contributed by atoms with Gasteiger partial charge in [-0.25, -0.2) is 0 Å². The molecule has 5 unspecified atom stereocenters. The van der Waals surface area contributed by atoms with Crippen LogP contribution in [0.25, 0.3) is 0 Å². The first-order valence-corrected chi connectivity index (χ1v) is 8.18. The van der Waals surface area contributed by atoms with Crippen LogP contribution in [0.1, 0.15) is 65.7 Å². The Morgan fingerprint density at radius 3 is 1.88 bits per heavy atom. The van der Waals surface area contributed by atoms with Crippen molar-refractivity contribution in [3.63, 3.8) is 0 Å². The Morgan fingerprint density at radius 1 is 0.588 bits per heavy atom. The van der Waals surface area contributed by atoms with Gasteiger partial charge in [0.1, 0.15) is 0 Å². The maximum atomic E-state index is 2.52. The molecule has 0 radical (unpaired) electrons. The van der Waals surface area contributed by atoms with E-state index in [0.717, 1.165) is 41.4 Å². The smallest absolute Gasteiger partial charge is 0.0329 e. The molecule has 0 N–H and O–H groups in total. The van der Waals surface area contributed by atoms with E-state index in [0.29, 0.717) is 0 Å². The van der Waals surface area contributed by atoms with Crippen LogP contribution < -0.4 is 0 Å². The summed E-state index contributed by atoms with van der Waals surface area (Å²) in [6.07, 6.45) is 10.9. The lowest BCUT2D eigenvalue weighted by Crippen LogP contribution is -2.48. The first-order chi connectivity index (χ1) is 8.18. The first-order valence-electron chi connectivity index (χ1n) is 8.18. The highest BCUT2D eigenvalue weighted by Gasteiger charge is 2.47. The molecule has 0 spiro atoms. The summed E-state index contributed by atoms with van der Waals surface area (Å²) in [4.78, 5) is 0. The molecular weight excluding hydrogens is 204 g/mol. The fourth-order valence-electron chi connectivity index (χ4n) is 5.63. The lowest BCUT2D eigenvalue weighted by Gasteiger charge is -2.54. The quantitative estimate of drug-likeness (QED) is 0.590. The van der Waals surface area contributed by atoms with Gasteiger partial charge in [0, 0.05) is 0 Å². The zero-order chi connectivity index (χ0) is 12.0. The van der Waals surface area contributed by atoms with Crippen molar-refractivity contribution < 1.29 is 0 Å². The molecule has 0 aromatic carbocycles. The van der Waals surface area contributed by atoms with Crippen LogP contribution >= 0.6 is 0 Å². The van der Waals surface area contributed by atoms with Crippen LogP contribution in [0, 0.1) is 41.4 Å². The Labute approximate surface area is 108 Å². The van der Waals surface area contributed by atoms with Gasteiger partial charge in [-0.1, -0.05) is 46.5 Å². The number of hydrogen-bond acceptors (Lipinski definition) is 0. The number of hydrogen-bond donors (Lipinski definition) is 0. The Bertz CT molecular complexity index is 259. The first kappa shape index (κ1) is 12.1. The lowest BCUT2D eigenvalue weighted by molar-refractivity contribution is -0.0564. The Kier molecular flexibility index (Phi) is 3.26. The third-order valence-corrected chi connectivity index (χ3v) is 7.00. The number of rotatable bonds is 1. The highest BCUT2D eigenvalue weighted by molar-refractivity contribution is 4.96. The van der Waals surface area contributed by atoms with Crippen LogP contribution in [0.5, 0.6) is 0 Å². The van der Waals surface area contributed by atoms with Crippen molar-refractivity contribution in [3.05, 3.63) is 0 Å². The molecule has 0 bridgehead atoms. The molecule has 98 valence electrons. The molecule has 0 aromatic heterocycles. The van der Waals surface area contributed by atoms with E-state index in [2.05, 4.69) is 20.8 Å². The predicted molar refractivity (Wildman–Crippen MR) is 73.8 cm³/mol. The molecule has 5 atom stereocenters. The van der Waals surface area contributed by atoms with Crippen molar-refractivity contribution in [1.82, 2.24) is 0 Å². The minimum Gasteiger partial charge on any atom is -0.0620 e. The van der Waals surface area contributed by atoms with Gasteiger partial charge in [0.2, 0.25) is 0 Å². The molecule has 0 aromatic rings. The summed E-state index contributed by atoms with van der Waals surface area (Å²) in [6.45, 7) is 7.50. The summed E-state index contributed by atoms with van der Waals surface area (Å²) in [7, 11) is 0. The van der Waals surface area contributed by atoms with Crippen molar-refractivity contribution in [3.8, 4) is 0 Å². The van der Waals surface area contributed by atoms with Crippen molar-refractivity contribution in [1.29, 1.82) is 0 Å². The molecule has 0 nitrogen and oxygen atoms in total. The van der Waals surface area contributed by atoms with E-state index >= 15 is 0 Å². The van der Waals surface area contributed by atoms with Crippen molar-refractivity contribution >= 4 is 0 Å². The predicted octanol–water partition coefficient (Wildman–Crippen LogP) is 5.13. The van der Waals surface area contributed by atoms with Gasteiger partial charge in [0.25, 0.3) is 0 Å². The average molecular weight is 234 g/mol. The molecule has 0 saturated heterocycles. The van der Waals surface area contributed by atoms with E-state index < -0.39 is 0 Å². The van der Waals surface area contributed by atoms with Crippen LogP contribution in [-0.2, 0) is 0 Å². The van der Waals surface area contributed by atoms with Gasteiger partial charge < -0.3 is 0 Å². The topological polar surface area (TPSA) is 0 Å². The van der Waals surface area contributed by atoms with Gasteiger partial charge in [-0.15, -0.1) is 0 Å². The molecule has 3 fully saturated rings. The fraction of sp³-hybridized carbons (Fsp3) is 1.00. The standard InChI is InChI=1S/C17H30/c1-11-12(2)17(13(11)3)16-9-8-14-6-4-5-7-15(14)10-16/h11-17H,4-10H2,1-3H3. The maximum Gasteiger partial charge on any atom is -0.0329 e. The summed E-state index contributed by atoms with van der Waals surface area (Å²) in [5, 5.41) is 0. The van der Waals surface area contributed by atoms with Gasteiger partial charge in [-0.2, -0.15) is 0 Å². The van der Waals surface area contributed by atoms with E-state index in [-0.39, 0.29) is 0 Å². The van der Waals surface area contributed by atoms with Crippen LogP contribution in [-0.4, -0.2) is 0 Å². The largest absolute Gasteiger partial charge is 0.0620 e. The summed E-state index contributed by atoms with van der Waals surface area (Å²) in [5.41, 5.74) is 0. The number of fused-ring (bicyclic) bond motifs is 1. The van der Waals surface area contributed by atoms with Crippen LogP contribution in [0.4, 0.5) is 0 Å². The van der Waals surface area contributed by atoms with E-state index in [1.165, 1.54) is 12.8 Å². The van der Waals surface area contributed by atoms with Crippen molar-refractivity contribution in [2.24, 2.45) is 41.4 Å². The molecule has 0 amide bonds. The van der Waals surface area contributed by atoms with E-state index in [9.17, 15) is 0 Å². The molecule has 3 aliphatic rings. The second-order valence-corrected chi connectivity index (χ2v) is 7.53. The summed E-state index contributed by atoms with van der Waals surface area (Å²) >= 11 is 0. The second-order valence-electron chi connectivity index (χ2n) is 7.53. The third-order valence-electron chi connectivity index (χ3n) is 7.00. The molecular formula is C17H30. The zero-order valence-corrected chi connectivity index (χ0v) is 12.0. The van der Waals surface area contributed by atoms with Gasteiger partial charge in [0.05, 0.1) is 0 Å². The van der Waals surface area contributed by atoms with E-state index in [1.807, 2.05) is 0 Å². The Morgan fingerprint density at radius 2 is 1.18 bits per heavy atom. The van der Waals surface area contributed by atoms with Crippen molar-refractivity contribution in [2.75, 3.05) is 0 Å². The third kappa shape index (κ3) is 1.96. The highest BCUT2D eigenvalue weighted by atomic mass is 14.5. The summed E-state index contributed by atoms with van der Waals surface area (Å²) < 4.78 is 0. The monoisotopic (exact) mass is 234 g/mol. The van der Waals surface area contributed by atoms with Crippen molar-refractivity contribution in [2.45, 2.75) is 65.7 Å². The highest BCUT2D eigenvalue weighted by Crippen LogP contribution is 2.55. The molecule has 3 aliphatic carbocycles. The molecule has 0 heterocycles. The van der Waals surface area contributed by atoms with E-state index in [1.54, 1.807) is 32.1 Å². The van der Waals surface area contributed by atoms with Gasteiger partial charge >= 0.3 is 0 Å². The Balaban J connectivity index is 1.62. The molecule has 3 saturated carbocycles. The fourth-order valence-corrected chi connectivity index (χ4v) is 5.63. The minimum absolute atomic E-state index is 0.990.